The molecule has 0 spiro atoms. The second-order valence-electron chi connectivity index (χ2n) is 5.28. The molecule has 3 rings (SSSR count). The molecule has 0 atom stereocenters. The van der Waals surface area contributed by atoms with E-state index < -0.39 is 0 Å². The molecule has 2 heterocycles. The van der Waals surface area contributed by atoms with Crippen molar-refractivity contribution in [1.82, 2.24) is 9.97 Å². The van der Waals surface area contributed by atoms with Gasteiger partial charge in [-0.3, -0.25) is 0 Å². The Kier molecular flexibility index (Phi) is 4.31. The first-order valence-electron chi connectivity index (χ1n) is 7.30. The van der Waals surface area contributed by atoms with Crippen molar-refractivity contribution in [3.8, 4) is 5.75 Å². The Morgan fingerprint density at radius 2 is 1.90 bits per heavy atom. The maximum atomic E-state index is 5.95. The first kappa shape index (κ1) is 13.8. The Morgan fingerprint density at radius 3 is 2.67 bits per heavy atom. The Morgan fingerprint density at radius 1 is 1.14 bits per heavy atom. The van der Waals surface area contributed by atoms with Gasteiger partial charge in [0, 0.05) is 43.3 Å². The maximum Gasteiger partial charge on any atom is 0.166 e. The van der Waals surface area contributed by atoms with Crippen LogP contribution in [0.4, 0.5) is 5.69 Å². The molecule has 1 aliphatic rings. The van der Waals surface area contributed by atoms with Crippen molar-refractivity contribution in [1.29, 1.82) is 0 Å². The standard InChI is InChI=1S/C16H20N4O/c17-13-5-9-20(10-6-13)14-3-1-4-15(11-14)21-12-16-18-7-2-8-19-16/h1-4,7-8,11,13H,5-6,9-10,12,17H2. The van der Waals surface area contributed by atoms with Crippen LogP contribution in [0.25, 0.3) is 0 Å². The van der Waals surface area contributed by atoms with E-state index in [1.165, 1.54) is 5.69 Å². The predicted octanol–water partition coefficient (Wildman–Crippen LogP) is 1.98. The van der Waals surface area contributed by atoms with Gasteiger partial charge in [-0.1, -0.05) is 6.07 Å². The lowest BCUT2D eigenvalue weighted by Gasteiger charge is -2.32. The minimum Gasteiger partial charge on any atom is -0.486 e. The first-order valence-corrected chi connectivity index (χ1v) is 7.30. The highest BCUT2D eigenvalue weighted by molar-refractivity contribution is 5.51. The van der Waals surface area contributed by atoms with Crippen LogP contribution in [0, 0.1) is 0 Å². The number of rotatable bonds is 4. The van der Waals surface area contributed by atoms with Crippen LogP contribution in [0.5, 0.6) is 5.75 Å². The smallest absolute Gasteiger partial charge is 0.166 e. The van der Waals surface area contributed by atoms with Crippen molar-refractivity contribution in [3.05, 3.63) is 48.5 Å². The largest absolute Gasteiger partial charge is 0.486 e. The van der Waals surface area contributed by atoms with Gasteiger partial charge in [-0.2, -0.15) is 0 Å². The van der Waals surface area contributed by atoms with Gasteiger partial charge in [-0.15, -0.1) is 0 Å². The van der Waals surface area contributed by atoms with Crippen molar-refractivity contribution in [2.45, 2.75) is 25.5 Å². The molecule has 0 aliphatic carbocycles. The molecule has 1 fully saturated rings. The van der Waals surface area contributed by atoms with Crippen molar-refractivity contribution >= 4 is 5.69 Å². The number of nitrogens with two attached hydrogens (primary N) is 1. The molecule has 5 nitrogen and oxygen atoms in total. The third kappa shape index (κ3) is 3.70. The zero-order valence-corrected chi connectivity index (χ0v) is 12.0. The lowest BCUT2D eigenvalue weighted by Crippen LogP contribution is -2.39. The highest BCUT2D eigenvalue weighted by Gasteiger charge is 2.16. The third-order valence-corrected chi connectivity index (χ3v) is 3.71. The van der Waals surface area contributed by atoms with Crippen molar-refractivity contribution in [2.24, 2.45) is 5.73 Å². The lowest BCUT2D eigenvalue weighted by molar-refractivity contribution is 0.296. The summed E-state index contributed by atoms with van der Waals surface area (Å²) in [5.74, 6) is 1.53. The lowest BCUT2D eigenvalue weighted by atomic mass is 10.1. The number of hydrogen-bond acceptors (Lipinski definition) is 5. The second-order valence-corrected chi connectivity index (χ2v) is 5.28. The zero-order valence-electron chi connectivity index (χ0n) is 12.0. The number of anilines is 1. The molecule has 0 unspecified atom stereocenters. The van der Waals surface area contributed by atoms with Gasteiger partial charge in [0.15, 0.2) is 5.82 Å². The van der Waals surface area contributed by atoms with Crippen LogP contribution in [0.15, 0.2) is 42.7 Å². The molecule has 2 aromatic rings. The van der Waals surface area contributed by atoms with E-state index in [0.717, 1.165) is 31.7 Å². The van der Waals surface area contributed by atoms with Crippen LogP contribution in [-0.4, -0.2) is 29.1 Å². The monoisotopic (exact) mass is 284 g/mol. The summed E-state index contributed by atoms with van der Waals surface area (Å²) in [6.07, 6.45) is 5.53. The molecule has 0 amide bonds. The van der Waals surface area contributed by atoms with Crippen molar-refractivity contribution in [2.75, 3.05) is 18.0 Å². The number of benzene rings is 1. The summed E-state index contributed by atoms with van der Waals surface area (Å²) < 4.78 is 5.77. The molecule has 1 saturated heterocycles. The molecule has 110 valence electrons. The van der Waals surface area contributed by atoms with Gasteiger partial charge >= 0.3 is 0 Å². The van der Waals surface area contributed by atoms with E-state index in [1.807, 2.05) is 12.1 Å². The summed E-state index contributed by atoms with van der Waals surface area (Å²) in [6.45, 7) is 2.40. The molecule has 5 heteroatoms. The molecule has 21 heavy (non-hydrogen) atoms. The Labute approximate surface area is 124 Å². The number of ether oxygens (including phenoxy) is 1. The normalized spacial score (nSPS) is 16.0. The van der Waals surface area contributed by atoms with E-state index in [1.54, 1.807) is 18.5 Å². The fourth-order valence-corrected chi connectivity index (χ4v) is 2.48. The molecule has 0 radical (unpaired) electrons. The number of piperidine rings is 1. The van der Waals surface area contributed by atoms with Crippen LogP contribution < -0.4 is 15.4 Å². The highest BCUT2D eigenvalue weighted by atomic mass is 16.5. The fourth-order valence-electron chi connectivity index (χ4n) is 2.48. The summed E-state index contributed by atoms with van der Waals surface area (Å²) in [7, 11) is 0. The molecule has 0 saturated carbocycles. The van der Waals surface area contributed by atoms with Gasteiger partial charge in [0.1, 0.15) is 12.4 Å². The van der Waals surface area contributed by atoms with Gasteiger partial charge in [-0.25, -0.2) is 9.97 Å². The van der Waals surface area contributed by atoms with Crippen LogP contribution in [-0.2, 0) is 6.61 Å². The van der Waals surface area contributed by atoms with Crippen LogP contribution in [0.2, 0.25) is 0 Å². The fraction of sp³-hybridized carbons (Fsp3) is 0.375. The minimum absolute atomic E-state index is 0.343. The molecule has 0 bridgehead atoms. The molecule has 1 aliphatic heterocycles. The summed E-state index contributed by atoms with van der Waals surface area (Å²) in [5.41, 5.74) is 7.14. The average molecular weight is 284 g/mol. The van der Waals surface area contributed by atoms with Crippen LogP contribution in [0.1, 0.15) is 18.7 Å². The zero-order chi connectivity index (χ0) is 14.5. The molecular weight excluding hydrogens is 264 g/mol. The summed E-state index contributed by atoms with van der Waals surface area (Å²) >= 11 is 0. The Hall–Kier alpha value is -2.14. The van der Waals surface area contributed by atoms with Crippen LogP contribution >= 0.6 is 0 Å². The second kappa shape index (κ2) is 6.54. The predicted molar refractivity (Wildman–Crippen MR) is 82.2 cm³/mol. The quantitative estimate of drug-likeness (QED) is 0.930. The number of aromatic nitrogens is 2. The molecule has 1 aromatic carbocycles. The van der Waals surface area contributed by atoms with Gasteiger partial charge in [-0.05, 0) is 31.0 Å². The van der Waals surface area contributed by atoms with E-state index in [4.69, 9.17) is 10.5 Å². The van der Waals surface area contributed by atoms with Gasteiger partial charge in [0.2, 0.25) is 0 Å². The third-order valence-electron chi connectivity index (χ3n) is 3.71. The van der Waals surface area contributed by atoms with Crippen molar-refractivity contribution < 1.29 is 4.74 Å². The van der Waals surface area contributed by atoms with E-state index >= 15 is 0 Å². The van der Waals surface area contributed by atoms with E-state index in [9.17, 15) is 0 Å². The van der Waals surface area contributed by atoms with Gasteiger partial charge in [0.25, 0.3) is 0 Å². The Balaban J connectivity index is 1.63. The molecule has 2 N–H and O–H groups in total. The maximum absolute atomic E-state index is 5.95. The van der Waals surface area contributed by atoms with Crippen molar-refractivity contribution in [3.63, 3.8) is 0 Å². The van der Waals surface area contributed by atoms with Gasteiger partial charge < -0.3 is 15.4 Å². The first-order chi connectivity index (χ1) is 10.3. The average Bonchev–Trinajstić information content (AvgIpc) is 2.55. The highest BCUT2D eigenvalue weighted by Crippen LogP contribution is 2.24. The Bertz CT molecular complexity index is 567. The number of nitrogens with zero attached hydrogens (tertiary/aromatic N) is 3. The number of hydrogen-bond donors (Lipinski definition) is 1. The summed E-state index contributed by atoms with van der Waals surface area (Å²) in [6, 6.07) is 10.3. The van der Waals surface area contributed by atoms with E-state index in [2.05, 4.69) is 27.0 Å². The summed E-state index contributed by atoms with van der Waals surface area (Å²) in [5, 5.41) is 0. The minimum atomic E-state index is 0.343. The topological polar surface area (TPSA) is 64.3 Å². The van der Waals surface area contributed by atoms with Gasteiger partial charge in [0.05, 0.1) is 0 Å². The SMILES string of the molecule is NC1CCN(c2cccc(OCc3ncccn3)c2)CC1. The summed E-state index contributed by atoms with van der Waals surface area (Å²) in [4.78, 5) is 10.7. The van der Waals surface area contributed by atoms with Crippen LogP contribution in [0.3, 0.4) is 0 Å². The molecular formula is C16H20N4O. The molecule has 1 aromatic heterocycles. The van der Waals surface area contributed by atoms with E-state index in [-0.39, 0.29) is 0 Å². The van der Waals surface area contributed by atoms with E-state index in [0.29, 0.717) is 18.5 Å².